The van der Waals surface area contributed by atoms with Crippen LogP contribution in [-0.2, 0) is 36.3 Å². The van der Waals surface area contributed by atoms with Gasteiger partial charge in [0.1, 0.15) is 17.2 Å². The van der Waals surface area contributed by atoms with Crippen LogP contribution in [0.5, 0.6) is 0 Å². The maximum atomic E-state index is 14.4. The highest BCUT2D eigenvalue weighted by molar-refractivity contribution is 7.09. The number of ether oxygens (including phenoxy) is 1. The van der Waals surface area contributed by atoms with E-state index in [4.69, 9.17) is 20.0 Å². The number of thiazole rings is 1. The molecule has 1 N–H and O–H groups in total. The average Bonchev–Trinajstić information content (AvgIpc) is 3.67. The predicted molar refractivity (Wildman–Crippen MR) is 166 cm³/mol. The van der Waals surface area contributed by atoms with E-state index < -0.39 is 5.60 Å². The number of fused-ring (bicyclic) bond motifs is 1. The molecule has 0 unspecified atom stereocenters. The number of rotatable bonds is 9. The Bertz CT molecular complexity index is 1820. The number of nitrogens with zero attached hydrogens (tertiary/aromatic N) is 6. The summed E-state index contributed by atoms with van der Waals surface area (Å²) in [6, 6.07) is 18.9. The maximum absolute atomic E-state index is 14.4. The lowest BCUT2D eigenvalue weighted by Crippen LogP contribution is -2.46. The summed E-state index contributed by atoms with van der Waals surface area (Å²) in [5.74, 6) is 1.05. The predicted octanol–water partition coefficient (Wildman–Crippen LogP) is 5.33. The quantitative estimate of drug-likeness (QED) is 0.242. The Morgan fingerprint density at radius 2 is 1.91 bits per heavy atom. The molecule has 2 aromatic carbocycles. The van der Waals surface area contributed by atoms with Gasteiger partial charge in [0.2, 0.25) is 0 Å². The highest BCUT2D eigenvalue weighted by atomic mass is 32.1. The Labute approximate surface area is 259 Å². The molecule has 224 valence electrons. The van der Waals surface area contributed by atoms with Crippen LogP contribution in [0.15, 0.2) is 66.3 Å². The fourth-order valence-corrected chi connectivity index (χ4v) is 6.81. The van der Waals surface area contributed by atoms with Gasteiger partial charge in [0, 0.05) is 28.4 Å². The summed E-state index contributed by atoms with van der Waals surface area (Å²) < 4.78 is 21.9. The smallest absolute Gasteiger partial charge is 0.136 e. The van der Waals surface area contributed by atoms with Crippen LogP contribution in [-0.4, -0.2) is 55.8 Å². The molecule has 0 saturated carbocycles. The molecule has 7 rings (SSSR count). The molecule has 5 heterocycles. The lowest BCUT2D eigenvalue weighted by atomic mass is 9.92. The number of halogens is 1. The second-order valence-corrected chi connectivity index (χ2v) is 12.8. The van der Waals surface area contributed by atoms with Gasteiger partial charge in [0.25, 0.3) is 0 Å². The van der Waals surface area contributed by atoms with Gasteiger partial charge in [-0.1, -0.05) is 18.2 Å². The minimum atomic E-state index is -0.930. The molecule has 0 atom stereocenters. The topological polar surface area (TPSA) is 100 Å². The molecule has 8 nitrogen and oxygen atoms in total. The fraction of sp³-hybridized carbons (Fsp3) is 0.353. The van der Waals surface area contributed by atoms with Gasteiger partial charge in [0.15, 0.2) is 0 Å². The van der Waals surface area contributed by atoms with Gasteiger partial charge < -0.3 is 14.4 Å². The molecule has 44 heavy (non-hydrogen) atoms. The van der Waals surface area contributed by atoms with Crippen molar-refractivity contribution < 1.29 is 14.2 Å². The van der Waals surface area contributed by atoms with E-state index >= 15 is 0 Å². The molecule has 0 bridgehead atoms. The van der Waals surface area contributed by atoms with E-state index in [-0.39, 0.29) is 5.82 Å². The number of nitriles is 1. The van der Waals surface area contributed by atoms with Crippen molar-refractivity contribution in [3.05, 3.63) is 111 Å². The van der Waals surface area contributed by atoms with Gasteiger partial charge >= 0.3 is 0 Å². The third-order valence-electron chi connectivity index (χ3n) is 8.88. The highest BCUT2D eigenvalue weighted by Gasteiger charge is 2.38. The first-order chi connectivity index (χ1) is 21.5. The number of aliphatic hydroxyl groups is 1. The van der Waals surface area contributed by atoms with E-state index in [2.05, 4.69) is 32.7 Å². The number of aromatic nitrogens is 4. The van der Waals surface area contributed by atoms with Crippen LogP contribution in [0.1, 0.15) is 57.5 Å². The van der Waals surface area contributed by atoms with Crippen molar-refractivity contribution in [3.8, 4) is 6.07 Å². The first-order valence-electron chi connectivity index (χ1n) is 15.0. The standard InChI is InChI=1S/C34H33FN6O2S/c35-29-14-23(16-36)4-5-24(29)6-8-27-2-1-3-30(38-27)25-10-12-40(13-11-25)19-33-39-31-9-7-26(34(42)20-43-21-34)15-32(31)41(33)18-28-17-37-22-44-28/h1-5,7,9,14-15,17,22,25,42H,6,8,10-13,18-21H2. The molecule has 2 fully saturated rings. The molecular weight excluding hydrogens is 575 g/mol. The average molecular weight is 609 g/mol. The lowest BCUT2D eigenvalue weighted by Gasteiger charge is -2.36. The number of benzene rings is 2. The molecule has 0 amide bonds. The zero-order valence-corrected chi connectivity index (χ0v) is 25.1. The number of aryl methyl sites for hydroxylation is 2. The first-order valence-corrected chi connectivity index (χ1v) is 15.9. The molecule has 0 radical (unpaired) electrons. The van der Waals surface area contributed by atoms with Crippen molar-refractivity contribution in [1.82, 2.24) is 24.4 Å². The molecule has 3 aromatic heterocycles. The van der Waals surface area contributed by atoms with Crippen LogP contribution in [0.25, 0.3) is 11.0 Å². The number of likely N-dealkylation sites (tertiary alicyclic amines) is 1. The third-order valence-corrected chi connectivity index (χ3v) is 9.64. The van der Waals surface area contributed by atoms with E-state index in [1.165, 1.54) is 6.07 Å². The summed E-state index contributed by atoms with van der Waals surface area (Å²) in [4.78, 5) is 17.9. The summed E-state index contributed by atoms with van der Waals surface area (Å²) in [6.07, 6.45) is 5.12. The van der Waals surface area contributed by atoms with Crippen molar-refractivity contribution in [2.24, 2.45) is 0 Å². The summed E-state index contributed by atoms with van der Waals surface area (Å²) >= 11 is 1.63. The highest BCUT2D eigenvalue weighted by Crippen LogP contribution is 2.33. The number of pyridine rings is 1. The Kier molecular flexibility index (Phi) is 7.95. The summed E-state index contributed by atoms with van der Waals surface area (Å²) in [6.45, 7) is 3.95. The van der Waals surface area contributed by atoms with Crippen LogP contribution in [0, 0.1) is 17.1 Å². The van der Waals surface area contributed by atoms with Crippen molar-refractivity contribution >= 4 is 22.4 Å². The second kappa shape index (κ2) is 12.2. The van der Waals surface area contributed by atoms with E-state index in [1.54, 1.807) is 23.5 Å². The largest absolute Gasteiger partial charge is 0.380 e. The van der Waals surface area contributed by atoms with Gasteiger partial charge in [-0.3, -0.25) is 14.9 Å². The van der Waals surface area contributed by atoms with E-state index in [1.807, 2.05) is 36.0 Å². The molecule has 10 heteroatoms. The summed E-state index contributed by atoms with van der Waals surface area (Å²) in [5.41, 5.74) is 6.74. The van der Waals surface area contributed by atoms with E-state index in [0.717, 1.165) is 71.2 Å². The molecule has 0 spiro atoms. The molecule has 2 aliphatic heterocycles. The van der Waals surface area contributed by atoms with Crippen LogP contribution < -0.4 is 0 Å². The van der Waals surface area contributed by atoms with Gasteiger partial charge in [-0.25, -0.2) is 9.37 Å². The fourth-order valence-electron chi connectivity index (χ4n) is 6.23. The summed E-state index contributed by atoms with van der Waals surface area (Å²) in [5, 5.41) is 19.9. The monoisotopic (exact) mass is 608 g/mol. The zero-order valence-electron chi connectivity index (χ0n) is 24.3. The van der Waals surface area contributed by atoms with Crippen LogP contribution >= 0.6 is 11.3 Å². The number of piperidine rings is 1. The van der Waals surface area contributed by atoms with Crippen LogP contribution in [0.4, 0.5) is 4.39 Å². The van der Waals surface area contributed by atoms with Crippen LogP contribution in [0.2, 0.25) is 0 Å². The molecular formula is C34H33FN6O2S. The van der Waals surface area contributed by atoms with Crippen molar-refractivity contribution in [2.45, 2.75) is 50.3 Å². The van der Waals surface area contributed by atoms with Gasteiger partial charge in [-0.2, -0.15) is 5.26 Å². The molecule has 5 aromatic rings. The molecule has 0 aliphatic carbocycles. The molecule has 2 saturated heterocycles. The number of hydrogen-bond donors (Lipinski definition) is 1. The van der Waals surface area contributed by atoms with Crippen molar-refractivity contribution in [1.29, 1.82) is 5.26 Å². The zero-order chi connectivity index (χ0) is 30.1. The number of hydrogen-bond acceptors (Lipinski definition) is 8. The lowest BCUT2D eigenvalue weighted by molar-refractivity contribution is -0.184. The maximum Gasteiger partial charge on any atom is 0.136 e. The number of imidazole rings is 1. The van der Waals surface area contributed by atoms with Gasteiger partial charge in [-0.15, -0.1) is 11.3 Å². The Morgan fingerprint density at radius 1 is 1.05 bits per heavy atom. The Morgan fingerprint density at radius 3 is 2.64 bits per heavy atom. The Balaban J connectivity index is 1.03. The minimum absolute atomic E-state index is 0.316. The van der Waals surface area contributed by atoms with Crippen molar-refractivity contribution in [2.75, 3.05) is 26.3 Å². The van der Waals surface area contributed by atoms with E-state index in [0.29, 0.717) is 49.6 Å². The molecule has 2 aliphatic rings. The van der Waals surface area contributed by atoms with E-state index in [9.17, 15) is 9.50 Å². The Hall–Kier alpha value is -4.01. The normalized spacial score (nSPS) is 17.0. The van der Waals surface area contributed by atoms with Gasteiger partial charge in [0.05, 0.1) is 54.5 Å². The van der Waals surface area contributed by atoms with Crippen molar-refractivity contribution in [3.63, 3.8) is 0 Å². The minimum Gasteiger partial charge on any atom is -0.380 e. The van der Waals surface area contributed by atoms with Gasteiger partial charge in [-0.05, 0) is 86.3 Å². The summed E-state index contributed by atoms with van der Waals surface area (Å²) in [7, 11) is 0. The SMILES string of the molecule is N#Cc1ccc(CCc2cccc(C3CCN(Cc4nc5ccc(C6(O)COC6)cc5n4Cc4cncs4)CC3)n2)c(F)c1. The van der Waals surface area contributed by atoms with Crippen LogP contribution in [0.3, 0.4) is 0 Å². The first kappa shape index (κ1) is 28.7. The second-order valence-electron chi connectivity index (χ2n) is 11.8. The third kappa shape index (κ3) is 5.88.